The van der Waals surface area contributed by atoms with E-state index in [0.717, 1.165) is 10.2 Å². The third kappa shape index (κ3) is 4.13. The van der Waals surface area contributed by atoms with E-state index in [0.29, 0.717) is 23.0 Å². The van der Waals surface area contributed by atoms with E-state index in [9.17, 15) is 4.79 Å². The molecule has 2 aromatic carbocycles. The Morgan fingerprint density at radius 1 is 1.00 bits per heavy atom. The maximum atomic E-state index is 11.8. The molecular weight excluding hydrogens is 384 g/mol. The van der Waals surface area contributed by atoms with Crippen molar-refractivity contribution in [3.63, 3.8) is 0 Å². The fourth-order valence-electron chi connectivity index (χ4n) is 2.19. The molecule has 0 aliphatic rings. The van der Waals surface area contributed by atoms with Gasteiger partial charge in [-0.1, -0.05) is 24.3 Å². The Balaban J connectivity index is 1.84. The van der Waals surface area contributed by atoms with Gasteiger partial charge < -0.3 is 15.4 Å². The topological polar surface area (TPSA) is 76.1 Å². The van der Waals surface area contributed by atoms with Crippen LogP contribution in [-0.4, -0.2) is 23.0 Å². The average Bonchev–Trinajstić information content (AvgIpc) is 2.64. The highest BCUT2D eigenvalue weighted by Crippen LogP contribution is 2.25. The van der Waals surface area contributed by atoms with Crippen molar-refractivity contribution < 1.29 is 9.53 Å². The number of halogens is 1. The molecule has 6 nitrogen and oxygen atoms in total. The van der Waals surface area contributed by atoms with Crippen LogP contribution < -0.4 is 10.6 Å². The number of para-hydroxylation sites is 2. The third-order valence-corrected chi connectivity index (χ3v) is 4.06. The summed E-state index contributed by atoms with van der Waals surface area (Å²) in [5.41, 5.74) is 1.88. The first-order chi connectivity index (χ1) is 12.2. The van der Waals surface area contributed by atoms with Gasteiger partial charge in [-0.05, 0) is 46.3 Å². The summed E-state index contributed by atoms with van der Waals surface area (Å²) in [6, 6.07) is 16.5. The second-order valence-corrected chi connectivity index (χ2v) is 5.89. The first-order valence-corrected chi connectivity index (χ1v) is 8.25. The fraction of sp³-hybridized carbons (Fsp3) is 0.0556. The minimum absolute atomic E-state index is 0.369. The number of ether oxygens (including phenoxy) is 1. The highest BCUT2D eigenvalue weighted by atomic mass is 79.9. The van der Waals surface area contributed by atoms with Crippen molar-refractivity contribution in [2.75, 3.05) is 17.7 Å². The number of carbonyl (C=O) groups is 1. The third-order valence-electron chi connectivity index (χ3n) is 3.37. The van der Waals surface area contributed by atoms with Gasteiger partial charge in [-0.15, -0.1) is 0 Å². The zero-order chi connectivity index (χ0) is 17.6. The lowest BCUT2D eigenvalue weighted by atomic mass is 10.2. The molecule has 0 saturated carbocycles. The lowest BCUT2D eigenvalue weighted by Gasteiger charge is -2.11. The van der Waals surface area contributed by atoms with Crippen molar-refractivity contribution in [2.45, 2.75) is 0 Å². The van der Waals surface area contributed by atoms with E-state index in [-0.39, 0.29) is 0 Å². The number of hydrogen-bond acceptors (Lipinski definition) is 6. The van der Waals surface area contributed by atoms with Gasteiger partial charge in [0.2, 0.25) is 5.95 Å². The second kappa shape index (κ2) is 7.76. The molecule has 0 atom stereocenters. The summed E-state index contributed by atoms with van der Waals surface area (Å²) >= 11 is 3.49. The molecular formula is C18H15BrN4O2. The van der Waals surface area contributed by atoms with E-state index in [1.165, 1.54) is 7.11 Å². The quantitative estimate of drug-likeness (QED) is 0.615. The van der Waals surface area contributed by atoms with Crippen LogP contribution in [0.15, 0.2) is 65.3 Å². The standard InChI is InChI=1S/C18H15BrN4O2/c1-25-17(24)12-6-2-4-8-14(12)22-18-20-11-10-16(23-18)21-15-9-5-3-7-13(15)19/h2-11H,1H3,(H2,20,21,22,23). The summed E-state index contributed by atoms with van der Waals surface area (Å²) < 4.78 is 5.72. The van der Waals surface area contributed by atoms with Gasteiger partial charge in [-0.25, -0.2) is 9.78 Å². The SMILES string of the molecule is COC(=O)c1ccccc1Nc1nccc(Nc2ccccc2Br)n1. The summed E-state index contributed by atoms with van der Waals surface area (Å²) in [5.74, 6) is 0.568. The molecule has 0 radical (unpaired) electrons. The Morgan fingerprint density at radius 3 is 2.48 bits per heavy atom. The van der Waals surface area contributed by atoms with Crippen molar-refractivity contribution in [3.05, 3.63) is 70.8 Å². The molecule has 126 valence electrons. The molecule has 25 heavy (non-hydrogen) atoms. The van der Waals surface area contributed by atoms with Gasteiger partial charge in [0.05, 0.1) is 24.0 Å². The fourth-order valence-corrected chi connectivity index (χ4v) is 2.57. The molecule has 0 saturated heterocycles. The maximum Gasteiger partial charge on any atom is 0.339 e. The van der Waals surface area contributed by atoms with Crippen LogP contribution in [0, 0.1) is 0 Å². The van der Waals surface area contributed by atoms with Crippen LogP contribution in [-0.2, 0) is 4.74 Å². The largest absolute Gasteiger partial charge is 0.465 e. The summed E-state index contributed by atoms with van der Waals surface area (Å²) in [5, 5.41) is 6.27. The second-order valence-electron chi connectivity index (χ2n) is 5.03. The van der Waals surface area contributed by atoms with Crippen LogP contribution >= 0.6 is 15.9 Å². The molecule has 0 bridgehead atoms. The van der Waals surface area contributed by atoms with E-state index in [1.807, 2.05) is 30.3 Å². The summed E-state index contributed by atoms with van der Waals surface area (Å²) in [6.45, 7) is 0. The van der Waals surface area contributed by atoms with Gasteiger partial charge in [-0.3, -0.25) is 0 Å². The number of nitrogens with zero attached hydrogens (tertiary/aromatic N) is 2. The van der Waals surface area contributed by atoms with E-state index in [2.05, 4.69) is 36.5 Å². The Hall–Kier alpha value is -2.93. The van der Waals surface area contributed by atoms with Crippen LogP contribution in [0.4, 0.5) is 23.1 Å². The molecule has 0 spiro atoms. The number of methoxy groups -OCH3 is 1. The number of anilines is 4. The minimum Gasteiger partial charge on any atom is -0.465 e. The van der Waals surface area contributed by atoms with Crippen molar-refractivity contribution >= 4 is 45.0 Å². The van der Waals surface area contributed by atoms with E-state index in [4.69, 9.17) is 4.74 Å². The Bertz CT molecular complexity index is 902. The van der Waals surface area contributed by atoms with Crippen molar-refractivity contribution in [3.8, 4) is 0 Å². The predicted octanol–water partition coefficient (Wildman–Crippen LogP) is 4.51. The van der Waals surface area contributed by atoms with E-state index >= 15 is 0 Å². The van der Waals surface area contributed by atoms with Gasteiger partial charge in [-0.2, -0.15) is 4.98 Å². The summed E-state index contributed by atoms with van der Waals surface area (Å²) in [4.78, 5) is 20.5. The molecule has 0 amide bonds. The van der Waals surface area contributed by atoms with Crippen LogP contribution in [0.25, 0.3) is 0 Å². The molecule has 0 aliphatic carbocycles. The van der Waals surface area contributed by atoms with Gasteiger partial charge in [0.15, 0.2) is 0 Å². The molecule has 7 heteroatoms. The molecule has 3 aromatic rings. The van der Waals surface area contributed by atoms with Gasteiger partial charge in [0.1, 0.15) is 5.82 Å². The van der Waals surface area contributed by atoms with Crippen LogP contribution in [0.1, 0.15) is 10.4 Å². The number of aromatic nitrogens is 2. The van der Waals surface area contributed by atoms with Gasteiger partial charge in [0.25, 0.3) is 0 Å². The smallest absolute Gasteiger partial charge is 0.339 e. The van der Waals surface area contributed by atoms with Gasteiger partial charge >= 0.3 is 5.97 Å². The Morgan fingerprint density at radius 2 is 1.72 bits per heavy atom. The summed E-state index contributed by atoms with van der Waals surface area (Å²) in [7, 11) is 1.35. The number of esters is 1. The molecule has 2 N–H and O–H groups in total. The number of nitrogens with one attached hydrogen (secondary N) is 2. The van der Waals surface area contributed by atoms with Crippen LogP contribution in [0.5, 0.6) is 0 Å². The molecule has 1 heterocycles. The molecule has 0 fully saturated rings. The highest BCUT2D eigenvalue weighted by molar-refractivity contribution is 9.10. The normalized spacial score (nSPS) is 10.2. The number of rotatable bonds is 5. The first-order valence-electron chi connectivity index (χ1n) is 7.46. The minimum atomic E-state index is -0.425. The monoisotopic (exact) mass is 398 g/mol. The summed E-state index contributed by atoms with van der Waals surface area (Å²) in [6.07, 6.45) is 1.63. The lowest BCUT2D eigenvalue weighted by molar-refractivity contribution is 0.0602. The van der Waals surface area contributed by atoms with E-state index < -0.39 is 5.97 Å². The Kier molecular flexibility index (Phi) is 5.25. The molecule has 3 rings (SSSR count). The predicted molar refractivity (Wildman–Crippen MR) is 101 cm³/mol. The van der Waals surface area contributed by atoms with Crippen molar-refractivity contribution in [1.82, 2.24) is 9.97 Å². The zero-order valence-electron chi connectivity index (χ0n) is 13.4. The van der Waals surface area contributed by atoms with Crippen molar-refractivity contribution in [2.24, 2.45) is 0 Å². The number of hydrogen-bond donors (Lipinski definition) is 2. The molecule has 0 aliphatic heterocycles. The highest BCUT2D eigenvalue weighted by Gasteiger charge is 2.12. The van der Waals surface area contributed by atoms with Gasteiger partial charge in [0, 0.05) is 10.7 Å². The number of benzene rings is 2. The average molecular weight is 399 g/mol. The number of carbonyl (C=O) groups excluding carboxylic acids is 1. The Labute approximate surface area is 153 Å². The lowest BCUT2D eigenvalue weighted by Crippen LogP contribution is -2.07. The molecule has 1 aromatic heterocycles. The van der Waals surface area contributed by atoms with Crippen molar-refractivity contribution in [1.29, 1.82) is 0 Å². The van der Waals surface area contributed by atoms with Crippen LogP contribution in [0.2, 0.25) is 0 Å². The van der Waals surface area contributed by atoms with Crippen LogP contribution in [0.3, 0.4) is 0 Å². The molecule has 0 unspecified atom stereocenters. The maximum absolute atomic E-state index is 11.8. The zero-order valence-corrected chi connectivity index (χ0v) is 14.9. The first kappa shape index (κ1) is 16.9. The van der Waals surface area contributed by atoms with E-state index in [1.54, 1.807) is 30.5 Å².